The zero-order chi connectivity index (χ0) is 17.7. The first kappa shape index (κ1) is 16.3. The summed E-state index contributed by atoms with van der Waals surface area (Å²) in [6.07, 6.45) is 2.30. The lowest BCUT2D eigenvalue weighted by atomic mass is 9.94. The summed E-state index contributed by atoms with van der Waals surface area (Å²) in [5.74, 6) is 0.809. The molecule has 2 heterocycles. The normalized spacial score (nSPS) is 16.2. The average molecular weight is 351 g/mol. The smallest absolute Gasteiger partial charge is 0.308 e. The van der Waals surface area contributed by atoms with Crippen molar-refractivity contribution in [3.8, 4) is 16.9 Å². The van der Waals surface area contributed by atoms with E-state index in [-0.39, 0.29) is 5.97 Å². The number of ether oxygens (including phenoxy) is 1. The van der Waals surface area contributed by atoms with Crippen LogP contribution in [0.1, 0.15) is 47.9 Å². The van der Waals surface area contributed by atoms with Crippen LogP contribution in [0, 0.1) is 13.8 Å². The second-order valence-electron chi connectivity index (χ2n) is 6.92. The molecule has 2 aromatic heterocycles. The van der Waals surface area contributed by atoms with Gasteiger partial charge in [0.2, 0.25) is 0 Å². The fourth-order valence-electron chi connectivity index (χ4n) is 3.76. The number of hydrogen-bond acceptors (Lipinski definition) is 4. The molecule has 0 amide bonds. The first-order valence-corrected chi connectivity index (χ1v) is 9.48. The summed E-state index contributed by atoms with van der Waals surface area (Å²) in [6, 6.07) is 8.43. The molecule has 4 heteroatoms. The van der Waals surface area contributed by atoms with Gasteiger partial charge in [0.25, 0.3) is 0 Å². The number of hydrogen-bond donors (Lipinski definition) is 0. The molecule has 0 fully saturated rings. The van der Waals surface area contributed by atoms with Gasteiger partial charge in [-0.25, -0.2) is 4.98 Å². The fourth-order valence-corrected chi connectivity index (χ4v) is 5.12. The molecule has 0 bridgehead atoms. The van der Waals surface area contributed by atoms with Gasteiger partial charge in [0.1, 0.15) is 4.83 Å². The van der Waals surface area contributed by atoms with Crippen LogP contribution in [-0.2, 0) is 11.2 Å². The Balaban J connectivity index is 2.10. The van der Waals surface area contributed by atoms with Crippen molar-refractivity contribution in [2.75, 3.05) is 0 Å². The molecule has 3 nitrogen and oxygen atoms in total. The van der Waals surface area contributed by atoms with E-state index >= 15 is 0 Å². The van der Waals surface area contributed by atoms with E-state index in [1.165, 1.54) is 34.7 Å². The minimum absolute atomic E-state index is 0.308. The van der Waals surface area contributed by atoms with Crippen molar-refractivity contribution in [3.05, 3.63) is 46.0 Å². The van der Waals surface area contributed by atoms with E-state index in [1.54, 1.807) is 11.3 Å². The highest BCUT2D eigenvalue weighted by Gasteiger charge is 2.29. The molecule has 1 aromatic carbocycles. The number of esters is 1. The van der Waals surface area contributed by atoms with Crippen molar-refractivity contribution >= 4 is 27.5 Å². The lowest BCUT2D eigenvalue weighted by Gasteiger charge is -2.15. The van der Waals surface area contributed by atoms with Crippen LogP contribution in [0.3, 0.4) is 0 Å². The Morgan fingerprint density at radius 3 is 2.64 bits per heavy atom. The standard InChI is InChI=1S/C21H21NO2S/c1-11-5-8-15(9-6-11)18-19-17-12(2)7-10-16(17)25-21(19)22-13(3)20(18)24-14(4)23/h5-6,8-9,12H,7,10H2,1-4H3. The molecule has 0 N–H and O–H groups in total. The number of benzene rings is 1. The first-order valence-electron chi connectivity index (χ1n) is 8.67. The van der Waals surface area contributed by atoms with E-state index in [9.17, 15) is 4.79 Å². The highest BCUT2D eigenvalue weighted by molar-refractivity contribution is 7.19. The minimum Gasteiger partial charge on any atom is -0.424 e. The molecule has 1 atom stereocenters. The van der Waals surface area contributed by atoms with Gasteiger partial charge in [-0.2, -0.15) is 0 Å². The van der Waals surface area contributed by atoms with Crippen LogP contribution in [0.25, 0.3) is 21.3 Å². The number of thiophene rings is 1. The Morgan fingerprint density at radius 2 is 1.96 bits per heavy atom. The van der Waals surface area contributed by atoms with E-state index in [2.05, 4.69) is 38.1 Å². The molecular weight excluding hydrogens is 330 g/mol. The Kier molecular flexibility index (Phi) is 3.88. The van der Waals surface area contributed by atoms with E-state index in [1.807, 2.05) is 6.92 Å². The molecule has 0 radical (unpaired) electrons. The number of carbonyl (C=O) groups is 1. The third-order valence-electron chi connectivity index (χ3n) is 4.96. The SMILES string of the molecule is CC(=O)Oc1c(C)nc2sc3c(c2c1-c1ccc(C)cc1)C(C)CC3. The van der Waals surface area contributed by atoms with Crippen molar-refractivity contribution in [2.24, 2.45) is 0 Å². The van der Waals surface area contributed by atoms with Crippen LogP contribution in [0.2, 0.25) is 0 Å². The first-order chi connectivity index (χ1) is 12.0. The van der Waals surface area contributed by atoms with Crippen LogP contribution in [0.4, 0.5) is 0 Å². The van der Waals surface area contributed by atoms with E-state index < -0.39 is 0 Å². The van der Waals surface area contributed by atoms with Gasteiger partial charge in [0.05, 0.1) is 5.69 Å². The fraction of sp³-hybridized carbons (Fsp3) is 0.333. The summed E-state index contributed by atoms with van der Waals surface area (Å²) in [5, 5.41) is 1.18. The van der Waals surface area contributed by atoms with Gasteiger partial charge in [-0.05, 0) is 43.7 Å². The molecule has 0 aliphatic heterocycles. The van der Waals surface area contributed by atoms with Crippen LogP contribution in [0.15, 0.2) is 24.3 Å². The number of aryl methyl sites for hydroxylation is 3. The van der Waals surface area contributed by atoms with Crippen LogP contribution < -0.4 is 4.74 Å². The van der Waals surface area contributed by atoms with Gasteiger partial charge in [0.15, 0.2) is 5.75 Å². The van der Waals surface area contributed by atoms with E-state index in [0.717, 1.165) is 28.1 Å². The Hall–Kier alpha value is -2.20. The summed E-state index contributed by atoms with van der Waals surface area (Å²) in [7, 11) is 0. The molecule has 0 saturated heterocycles. The highest BCUT2D eigenvalue weighted by atomic mass is 32.1. The Morgan fingerprint density at radius 1 is 1.24 bits per heavy atom. The number of rotatable bonds is 2. The maximum absolute atomic E-state index is 11.7. The molecule has 3 aromatic rings. The maximum Gasteiger partial charge on any atom is 0.308 e. The average Bonchev–Trinajstić information content (AvgIpc) is 3.08. The van der Waals surface area contributed by atoms with Gasteiger partial charge in [0, 0.05) is 22.8 Å². The van der Waals surface area contributed by atoms with Gasteiger partial charge in [-0.1, -0.05) is 36.8 Å². The number of carbonyl (C=O) groups excluding carboxylic acids is 1. The lowest BCUT2D eigenvalue weighted by molar-refractivity contribution is -0.131. The van der Waals surface area contributed by atoms with Gasteiger partial charge < -0.3 is 4.74 Å². The molecule has 25 heavy (non-hydrogen) atoms. The third-order valence-corrected chi connectivity index (χ3v) is 6.12. The Labute approximate surface area is 151 Å². The number of fused-ring (bicyclic) bond motifs is 3. The topological polar surface area (TPSA) is 39.2 Å². The molecule has 0 spiro atoms. The van der Waals surface area contributed by atoms with Crippen molar-refractivity contribution in [1.82, 2.24) is 4.98 Å². The predicted molar refractivity (Wildman–Crippen MR) is 103 cm³/mol. The van der Waals surface area contributed by atoms with E-state index in [0.29, 0.717) is 11.7 Å². The Bertz CT molecular complexity index is 986. The van der Waals surface area contributed by atoms with Crippen LogP contribution in [-0.4, -0.2) is 11.0 Å². The predicted octanol–water partition coefficient (Wildman–Crippen LogP) is 5.56. The molecular formula is C21H21NO2S. The minimum atomic E-state index is -0.308. The van der Waals surface area contributed by atoms with E-state index in [4.69, 9.17) is 9.72 Å². The maximum atomic E-state index is 11.7. The monoisotopic (exact) mass is 351 g/mol. The highest BCUT2D eigenvalue weighted by Crippen LogP contribution is 2.49. The second-order valence-corrected chi connectivity index (χ2v) is 8.00. The second kappa shape index (κ2) is 5.95. The van der Waals surface area contributed by atoms with Gasteiger partial charge in [-0.3, -0.25) is 4.79 Å². The van der Waals surface area contributed by atoms with Gasteiger partial charge >= 0.3 is 5.97 Å². The van der Waals surface area contributed by atoms with Crippen molar-refractivity contribution in [3.63, 3.8) is 0 Å². The summed E-state index contributed by atoms with van der Waals surface area (Å²) in [6.45, 7) is 7.73. The van der Waals surface area contributed by atoms with Crippen molar-refractivity contribution in [2.45, 2.75) is 46.5 Å². The number of aromatic nitrogens is 1. The zero-order valence-corrected chi connectivity index (χ0v) is 15.8. The lowest BCUT2D eigenvalue weighted by Crippen LogP contribution is -2.06. The van der Waals surface area contributed by atoms with Gasteiger partial charge in [-0.15, -0.1) is 11.3 Å². The molecule has 1 aliphatic carbocycles. The third kappa shape index (κ3) is 2.65. The van der Waals surface area contributed by atoms with Crippen LogP contribution >= 0.6 is 11.3 Å². The quantitative estimate of drug-likeness (QED) is 0.568. The van der Waals surface area contributed by atoms with Crippen molar-refractivity contribution < 1.29 is 9.53 Å². The van der Waals surface area contributed by atoms with Crippen LogP contribution in [0.5, 0.6) is 5.75 Å². The summed E-state index contributed by atoms with van der Waals surface area (Å²) < 4.78 is 5.64. The zero-order valence-electron chi connectivity index (χ0n) is 15.0. The number of pyridine rings is 1. The molecule has 1 unspecified atom stereocenters. The molecule has 0 saturated carbocycles. The molecule has 1 aliphatic rings. The summed E-state index contributed by atoms with van der Waals surface area (Å²) >= 11 is 1.79. The largest absolute Gasteiger partial charge is 0.424 e. The summed E-state index contributed by atoms with van der Waals surface area (Å²) in [5.41, 5.74) is 5.48. The number of nitrogens with zero attached hydrogens (tertiary/aromatic N) is 1. The summed E-state index contributed by atoms with van der Waals surface area (Å²) in [4.78, 5) is 19.0. The van der Waals surface area contributed by atoms with Crippen molar-refractivity contribution in [1.29, 1.82) is 0 Å². The molecule has 4 rings (SSSR count). The molecule has 128 valence electrons.